The summed E-state index contributed by atoms with van der Waals surface area (Å²) in [4.78, 5) is 27.0. The highest BCUT2D eigenvalue weighted by atomic mass is 16.1. The Morgan fingerprint density at radius 3 is 2.20 bits per heavy atom. The SMILES string of the molecule is CC(=O)N=c1ccn([C@@H](C)C(=O)c2ccccc2)cc1. The molecule has 1 atom stereocenters. The normalized spacial score (nSPS) is 11.7. The van der Waals surface area contributed by atoms with Crippen LogP contribution in [0.5, 0.6) is 0 Å². The van der Waals surface area contributed by atoms with E-state index in [1.165, 1.54) is 6.92 Å². The summed E-state index contributed by atoms with van der Waals surface area (Å²) in [6, 6.07) is 12.3. The van der Waals surface area contributed by atoms with Crippen molar-refractivity contribution in [2.45, 2.75) is 19.9 Å². The van der Waals surface area contributed by atoms with Gasteiger partial charge in [0.15, 0.2) is 5.78 Å². The molecule has 0 unspecified atom stereocenters. The quantitative estimate of drug-likeness (QED) is 0.802. The van der Waals surface area contributed by atoms with E-state index in [0.29, 0.717) is 10.9 Å². The van der Waals surface area contributed by atoms with Gasteiger partial charge in [-0.25, -0.2) is 4.99 Å². The Bertz CT molecular complexity index is 667. The standard InChI is InChI=1S/C16H16N2O2/c1-12(16(20)14-6-4-3-5-7-14)18-10-8-15(9-11-18)17-13(2)19/h3-12H,1-2H3/t12-/m0/s1. The van der Waals surface area contributed by atoms with E-state index < -0.39 is 0 Å². The predicted molar refractivity (Wildman–Crippen MR) is 76.2 cm³/mol. The number of aromatic nitrogens is 1. The minimum atomic E-state index is -0.302. The molecule has 1 amide bonds. The van der Waals surface area contributed by atoms with Gasteiger partial charge in [-0.15, -0.1) is 0 Å². The molecule has 0 fully saturated rings. The highest BCUT2D eigenvalue weighted by molar-refractivity contribution is 5.98. The minimum absolute atomic E-state index is 0.0480. The topological polar surface area (TPSA) is 51.4 Å². The van der Waals surface area contributed by atoms with E-state index in [-0.39, 0.29) is 17.7 Å². The zero-order valence-electron chi connectivity index (χ0n) is 11.5. The number of Topliss-reactive ketones (excluding diaryl/α,β-unsaturated/α-hetero) is 1. The second kappa shape index (κ2) is 6.10. The Morgan fingerprint density at radius 2 is 1.65 bits per heavy atom. The molecule has 20 heavy (non-hydrogen) atoms. The van der Waals surface area contributed by atoms with Crippen LogP contribution in [-0.4, -0.2) is 16.3 Å². The average molecular weight is 268 g/mol. The van der Waals surface area contributed by atoms with Crippen molar-refractivity contribution in [3.8, 4) is 0 Å². The molecule has 0 N–H and O–H groups in total. The van der Waals surface area contributed by atoms with Gasteiger partial charge in [0.1, 0.15) is 0 Å². The molecular weight excluding hydrogens is 252 g/mol. The van der Waals surface area contributed by atoms with Crippen molar-refractivity contribution >= 4 is 11.7 Å². The van der Waals surface area contributed by atoms with Crippen molar-refractivity contribution in [2.75, 3.05) is 0 Å². The molecule has 0 radical (unpaired) electrons. The van der Waals surface area contributed by atoms with Gasteiger partial charge in [-0.2, -0.15) is 0 Å². The number of amides is 1. The number of hydrogen-bond donors (Lipinski definition) is 0. The van der Waals surface area contributed by atoms with Gasteiger partial charge in [0.2, 0.25) is 5.91 Å². The van der Waals surface area contributed by atoms with E-state index in [1.54, 1.807) is 41.2 Å². The number of nitrogens with zero attached hydrogens (tertiary/aromatic N) is 2. The molecule has 2 aromatic rings. The summed E-state index contributed by atoms with van der Waals surface area (Å²) in [6.07, 6.45) is 3.51. The maximum atomic E-state index is 12.3. The number of carbonyl (C=O) groups excluding carboxylic acids is 2. The fourth-order valence-corrected chi connectivity index (χ4v) is 1.92. The number of ketones is 1. The van der Waals surface area contributed by atoms with Crippen LogP contribution in [0.25, 0.3) is 0 Å². The molecule has 0 saturated carbocycles. The lowest BCUT2D eigenvalue weighted by Crippen LogP contribution is -2.18. The van der Waals surface area contributed by atoms with Gasteiger partial charge in [0, 0.05) is 24.9 Å². The van der Waals surface area contributed by atoms with Gasteiger partial charge >= 0.3 is 0 Å². The van der Waals surface area contributed by atoms with E-state index in [2.05, 4.69) is 4.99 Å². The zero-order chi connectivity index (χ0) is 14.5. The second-order valence-corrected chi connectivity index (χ2v) is 4.54. The molecule has 2 rings (SSSR count). The molecule has 4 heteroatoms. The van der Waals surface area contributed by atoms with Crippen molar-refractivity contribution < 1.29 is 9.59 Å². The van der Waals surface area contributed by atoms with Crippen LogP contribution in [0.4, 0.5) is 0 Å². The van der Waals surface area contributed by atoms with Gasteiger partial charge in [0.05, 0.1) is 11.4 Å². The Labute approximate surface area is 117 Å². The minimum Gasteiger partial charge on any atom is -0.344 e. The molecule has 1 aromatic carbocycles. The molecular formula is C16H16N2O2. The average Bonchev–Trinajstić information content (AvgIpc) is 2.47. The fourth-order valence-electron chi connectivity index (χ4n) is 1.92. The first-order valence-corrected chi connectivity index (χ1v) is 6.40. The maximum absolute atomic E-state index is 12.3. The summed E-state index contributed by atoms with van der Waals surface area (Å²) in [5, 5.41) is 0.591. The predicted octanol–water partition coefficient (Wildman–Crippen LogP) is 2.38. The third-order valence-electron chi connectivity index (χ3n) is 3.01. The molecule has 1 heterocycles. The summed E-state index contributed by atoms with van der Waals surface area (Å²) in [5.74, 6) is -0.192. The van der Waals surface area contributed by atoms with Crippen molar-refractivity contribution in [1.82, 2.24) is 4.57 Å². The first-order valence-electron chi connectivity index (χ1n) is 6.40. The van der Waals surface area contributed by atoms with E-state index in [1.807, 2.05) is 25.1 Å². The fraction of sp³-hybridized carbons (Fsp3) is 0.188. The van der Waals surface area contributed by atoms with E-state index in [4.69, 9.17) is 0 Å². The first-order chi connectivity index (χ1) is 9.58. The van der Waals surface area contributed by atoms with E-state index >= 15 is 0 Å². The van der Waals surface area contributed by atoms with Crippen LogP contribution in [0.2, 0.25) is 0 Å². The summed E-state index contributed by atoms with van der Waals surface area (Å²) in [7, 11) is 0. The number of pyridine rings is 1. The molecule has 0 aliphatic heterocycles. The van der Waals surface area contributed by atoms with E-state index in [9.17, 15) is 9.59 Å². The molecule has 0 aliphatic rings. The number of hydrogen-bond acceptors (Lipinski definition) is 2. The highest BCUT2D eigenvalue weighted by Gasteiger charge is 2.15. The van der Waals surface area contributed by atoms with E-state index in [0.717, 1.165) is 0 Å². The lowest BCUT2D eigenvalue weighted by Gasteiger charge is -2.14. The van der Waals surface area contributed by atoms with Crippen molar-refractivity contribution in [3.63, 3.8) is 0 Å². The Morgan fingerprint density at radius 1 is 1.05 bits per heavy atom. The van der Waals surface area contributed by atoms with Crippen LogP contribution in [-0.2, 0) is 4.79 Å². The van der Waals surface area contributed by atoms with Crippen LogP contribution in [0.15, 0.2) is 59.9 Å². The summed E-state index contributed by atoms with van der Waals surface area (Å²) < 4.78 is 1.80. The third-order valence-corrected chi connectivity index (χ3v) is 3.01. The number of rotatable bonds is 3. The smallest absolute Gasteiger partial charge is 0.243 e. The van der Waals surface area contributed by atoms with Crippen LogP contribution < -0.4 is 5.36 Å². The summed E-state index contributed by atoms with van der Waals surface area (Å²) >= 11 is 0. The Balaban J connectivity index is 2.24. The van der Waals surface area contributed by atoms with Gasteiger partial charge in [-0.1, -0.05) is 30.3 Å². The van der Waals surface area contributed by atoms with Gasteiger partial charge < -0.3 is 4.57 Å². The largest absolute Gasteiger partial charge is 0.344 e. The molecule has 0 saturated heterocycles. The van der Waals surface area contributed by atoms with Crippen molar-refractivity contribution in [1.29, 1.82) is 0 Å². The lowest BCUT2D eigenvalue weighted by molar-refractivity contribution is -0.116. The summed E-state index contributed by atoms with van der Waals surface area (Å²) in [5.41, 5.74) is 0.685. The van der Waals surface area contributed by atoms with Crippen LogP contribution in [0.1, 0.15) is 30.2 Å². The maximum Gasteiger partial charge on any atom is 0.243 e. The lowest BCUT2D eigenvalue weighted by atomic mass is 10.1. The van der Waals surface area contributed by atoms with Crippen molar-refractivity contribution in [2.24, 2.45) is 4.99 Å². The number of benzene rings is 1. The molecule has 0 bridgehead atoms. The van der Waals surface area contributed by atoms with Gasteiger partial charge in [0.25, 0.3) is 0 Å². The first kappa shape index (κ1) is 13.9. The third kappa shape index (κ3) is 3.29. The van der Waals surface area contributed by atoms with Crippen LogP contribution >= 0.6 is 0 Å². The number of carbonyl (C=O) groups is 2. The van der Waals surface area contributed by atoms with Gasteiger partial charge in [-0.3, -0.25) is 9.59 Å². The molecule has 4 nitrogen and oxygen atoms in total. The van der Waals surface area contributed by atoms with Crippen molar-refractivity contribution in [3.05, 3.63) is 65.8 Å². The van der Waals surface area contributed by atoms with Crippen LogP contribution in [0.3, 0.4) is 0 Å². The molecule has 0 aliphatic carbocycles. The monoisotopic (exact) mass is 268 g/mol. The highest BCUT2D eigenvalue weighted by Crippen LogP contribution is 2.12. The Hall–Kier alpha value is -2.49. The molecule has 0 spiro atoms. The Kier molecular flexibility index (Phi) is 4.25. The van der Waals surface area contributed by atoms with Crippen LogP contribution in [0, 0.1) is 0 Å². The molecule has 1 aromatic heterocycles. The summed E-state index contributed by atoms with van der Waals surface area (Å²) in [6.45, 7) is 3.25. The zero-order valence-corrected chi connectivity index (χ0v) is 11.5. The second-order valence-electron chi connectivity index (χ2n) is 4.54. The molecule has 102 valence electrons. The van der Waals surface area contributed by atoms with Gasteiger partial charge in [-0.05, 0) is 19.1 Å².